The van der Waals surface area contributed by atoms with Crippen molar-refractivity contribution in [3.8, 4) is 0 Å². The SMILES string of the molecule is CCCCN(C(=O)CCCCC(=O)N(CCCC)C1CC(C)(C)[NH+]([O-])C(C)(C)C1)C1CC(C)(C)[NH+]([O-])C(C)(C)C1. The minimum absolute atomic E-state index is 0.0774. The van der Waals surface area contributed by atoms with Gasteiger partial charge >= 0.3 is 0 Å². The van der Waals surface area contributed by atoms with Crippen LogP contribution in [-0.4, -0.2) is 68.9 Å². The number of quaternary nitrogens is 2. The Hall–Kier alpha value is -1.22. The number of hydrogen-bond donors (Lipinski definition) is 2. The van der Waals surface area contributed by atoms with Crippen LogP contribution in [0.15, 0.2) is 0 Å². The number of unbranched alkanes of at least 4 members (excludes halogenated alkanes) is 3. The molecule has 40 heavy (non-hydrogen) atoms. The van der Waals surface area contributed by atoms with Crippen LogP contribution in [0.3, 0.4) is 0 Å². The highest BCUT2D eigenvalue weighted by molar-refractivity contribution is 5.78. The molecule has 0 aromatic carbocycles. The van der Waals surface area contributed by atoms with Crippen LogP contribution in [0.5, 0.6) is 0 Å². The van der Waals surface area contributed by atoms with Gasteiger partial charge in [0.25, 0.3) is 0 Å². The Morgan fingerprint density at radius 2 is 0.875 bits per heavy atom. The van der Waals surface area contributed by atoms with E-state index in [0.29, 0.717) is 61.5 Å². The van der Waals surface area contributed by atoms with E-state index in [0.717, 1.165) is 38.8 Å². The number of nitrogens with one attached hydrogen (secondary N) is 2. The van der Waals surface area contributed by atoms with Crippen molar-refractivity contribution in [1.29, 1.82) is 0 Å². The van der Waals surface area contributed by atoms with E-state index in [4.69, 9.17) is 0 Å². The lowest BCUT2D eigenvalue weighted by atomic mass is 9.78. The zero-order chi connectivity index (χ0) is 30.5. The molecule has 2 rings (SSSR count). The van der Waals surface area contributed by atoms with Gasteiger partial charge in [-0.15, -0.1) is 0 Å². The molecule has 0 aromatic heterocycles. The van der Waals surface area contributed by atoms with Gasteiger partial charge in [-0.1, -0.05) is 26.7 Å². The third-order valence-corrected chi connectivity index (χ3v) is 9.50. The number of rotatable bonds is 13. The first-order chi connectivity index (χ1) is 18.4. The summed E-state index contributed by atoms with van der Waals surface area (Å²) in [6.07, 6.45) is 9.06. The third-order valence-electron chi connectivity index (χ3n) is 9.50. The molecule has 2 aliphatic heterocycles. The Labute approximate surface area is 245 Å². The maximum atomic E-state index is 13.5. The predicted octanol–water partition coefficient (Wildman–Crippen LogP) is 4.01. The summed E-state index contributed by atoms with van der Waals surface area (Å²) in [6, 6.07) is 0.155. The maximum Gasteiger partial charge on any atom is 0.222 e. The monoisotopic (exact) mass is 566 g/mol. The summed E-state index contributed by atoms with van der Waals surface area (Å²) in [5, 5.41) is 26.5. The molecule has 0 bridgehead atoms. The van der Waals surface area contributed by atoms with Crippen LogP contribution in [-0.2, 0) is 9.59 Å². The normalized spacial score (nSPS) is 28.6. The Balaban J connectivity index is 2.01. The first-order valence-electron chi connectivity index (χ1n) is 16.1. The molecule has 2 saturated heterocycles. The largest absolute Gasteiger partial charge is 0.634 e. The Morgan fingerprint density at radius 1 is 0.600 bits per heavy atom. The topological polar surface area (TPSA) is 95.6 Å². The number of piperidine rings is 2. The fraction of sp³-hybridized carbons (Fsp3) is 0.938. The van der Waals surface area contributed by atoms with E-state index in [-0.39, 0.29) is 23.9 Å². The van der Waals surface area contributed by atoms with Gasteiger partial charge < -0.3 is 30.3 Å². The molecule has 0 saturated carbocycles. The summed E-state index contributed by atoms with van der Waals surface area (Å²) in [6.45, 7) is 21.9. The molecule has 2 aliphatic rings. The molecule has 0 radical (unpaired) electrons. The number of carbonyl (C=O) groups is 2. The number of nitrogens with zero attached hydrogens (tertiary/aromatic N) is 2. The Kier molecular flexibility index (Phi) is 12.1. The zero-order valence-corrected chi connectivity index (χ0v) is 27.6. The van der Waals surface area contributed by atoms with Crippen LogP contribution in [0.4, 0.5) is 0 Å². The van der Waals surface area contributed by atoms with E-state index in [1.54, 1.807) is 0 Å². The van der Waals surface area contributed by atoms with Gasteiger partial charge in [-0.25, -0.2) is 0 Å². The first-order valence-corrected chi connectivity index (χ1v) is 16.1. The van der Waals surface area contributed by atoms with E-state index in [1.807, 2.05) is 55.4 Å². The van der Waals surface area contributed by atoms with Crippen molar-refractivity contribution in [2.45, 2.75) is 181 Å². The van der Waals surface area contributed by atoms with Gasteiger partial charge in [0.2, 0.25) is 11.8 Å². The van der Waals surface area contributed by atoms with Crippen molar-refractivity contribution in [1.82, 2.24) is 9.80 Å². The lowest BCUT2D eigenvalue weighted by molar-refractivity contribution is -0.956. The minimum atomic E-state index is -0.432. The number of hydrogen-bond acceptors (Lipinski definition) is 4. The quantitative estimate of drug-likeness (QED) is 0.260. The van der Waals surface area contributed by atoms with Crippen molar-refractivity contribution in [2.24, 2.45) is 0 Å². The molecule has 2 N–H and O–H groups in total. The van der Waals surface area contributed by atoms with Gasteiger partial charge in [-0.2, -0.15) is 0 Å². The molecular weight excluding hydrogens is 504 g/mol. The summed E-state index contributed by atoms with van der Waals surface area (Å²) in [7, 11) is 0. The molecular formula is C32H62N4O4. The Bertz CT molecular complexity index is 737. The number of amides is 2. The van der Waals surface area contributed by atoms with Crippen LogP contribution < -0.4 is 10.1 Å². The maximum absolute atomic E-state index is 13.5. The summed E-state index contributed by atoms with van der Waals surface area (Å²) >= 11 is 0. The molecule has 2 amide bonds. The molecule has 8 nitrogen and oxygen atoms in total. The summed E-state index contributed by atoms with van der Waals surface area (Å²) in [5.74, 6) is 0.313. The van der Waals surface area contributed by atoms with Crippen LogP contribution >= 0.6 is 0 Å². The second-order valence-electron chi connectivity index (χ2n) is 15.4. The summed E-state index contributed by atoms with van der Waals surface area (Å²) in [4.78, 5) is 31.1. The average molecular weight is 567 g/mol. The average Bonchev–Trinajstić information content (AvgIpc) is 2.83. The summed E-state index contributed by atoms with van der Waals surface area (Å²) in [5.41, 5.74) is -1.73. The fourth-order valence-corrected chi connectivity index (χ4v) is 7.66. The van der Waals surface area contributed by atoms with E-state index in [2.05, 4.69) is 23.6 Å². The number of hydroxylamine groups is 4. The second kappa shape index (κ2) is 13.8. The highest BCUT2D eigenvalue weighted by Crippen LogP contribution is 2.30. The van der Waals surface area contributed by atoms with Crippen LogP contribution in [0, 0.1) is 10.4 Å². The number of carbonyl (C=O) groups excluding carboxylic acids is 2. The molecule has 0 aliphatic carbocycles. The smallest absolute Gasteiger partial charge is 0.222 e. The predicted molar refractivity (Wildman–Crippen MR) is 163 cm³/mol. The third kappa shape index (κ3) is 8.65. The van der Waals surface area contributed by atoms with Gasteiger partial charge in [0.15, 0.2) is 0 Å². The van der Waals surface area contributed by atoms with Gasteiger partial charge in [0.05, 0.1) is 22.2 Å². The van der Waals surface area contributed by atoms with Gasteiger partial charge in [0, 0.05) is 63.7 Å². The van der Waals surface area contributed by atoms with Crippen molar-refractivity contribution in [3.05, 3.63) is 10.4 Å². The highest BCUT2D eigenvalue weighted by atomic mass is 16.5. The van der Waals surface area contributed by atoms with Crippen LogP contribution in [0.2, 0.25) is 0 Å². The van der Waals surface area contributed by atoms with Crippen molar-refractivity contribution >= 4 is 11.8 Å². The lowest BCUT2D eigenvalue weighted by Gasteiger charge is -2.56. The molecule has 0 unspecified atom stereocenters. The Morgan fingerprint density at radius 3 is 1.12 bits per heavy atom. The zero-order valence-electron chi connectivity index (χ0n) is 27.6. The van der Waals surface area contributed by atoms with Crippen molar-refractivity contribution in [2.75, 3.05) is 13.1 Å². The molecule has 0 atom stereocenters. The molecule has 234 valence electrons. The van der Waals surface area contributed by atoms with Gasteiger partial charge in [-0.3, -0.25) is 9.59 Å². The van der Waals surface area contributed by atoms with Gasteiger partial charge in [-0.05, 0) is 81.1 Å². The molecule has 0 spiro atoms. The van der Waals surface area contributed by atoms with E-state index in [1.165, 1.54) is 0 Å². The molecule has 8 heteroatoms. The highest BCUT2D eigenvalue weighted by Gasteiger charge is 2.48. The summed E-state index contributed by atoms with van der Waals surface area (Å²) < 4.78 is 0. The fourth-order valence-electron chi connectivity index (χ4n) is 7.66. The van der Waals surface area contributed by atoms with E-state index >= 15 is 0 Å². The first kappa shape index (κ1) is 35.0. The van der Waals surface area contributed by atoms with Crippen molar-refractivity contribution < 1.29 is 19.7 Å². The molecule has 0 aromatic rings. The van der Waals surface area contributed by atoms with E-state index < -0.39 is 22.2 Å². The van der Waals surface area contributed by atoms with E-state index in [9.17, 15) is 20.0 Å². The van der Waals surface area contributed by atoms with Crippen LogP contribution in [0.1, 0.15) is 146 Å². The van der Waals surface area contributed by atoms with Crippen molar-refractivity contribution in [3.63, 3.8) is 0 Å². The standard InChI is InChI=1S/C32H62N4O4/c1-11-13-19-33(25-21-29(3,4)35(39)30(5,6)22-25)27(37)17-15-16-18-28(38)34(20-14-12-2)26-23-31(7,8)36(40)32(9,10)24-26/h25-26,35-36H,11-24H2,1-10H3. The minimum Gasteiger partial charge on any atom is -0.634 e. The second-order valence-corrected chi connectivity index (χ2v) is 15.4. The molecule has 2 heterocycles. The lowest BCUT2D eigenvalue weighted by Crippen LogP contribution is -3.23. The van der Waals surface area contributed by atoms with Gasteiger partial charge in [0.1, 0.15) is 0 Å². The van der Waals surface area contributed by atoms with Crippen LogP contribution in [0.25, 0.3) is 0 Å². The molecule has 2 fully saturated rings.